The molecule has 0 aliphatic heterocycles. The van der Waals surface area contributed by atoms with Crippen molar-refractivity contribution in [2.75, 3.05) is 6.61 Å². The van der Waals surface area contributed by atoms with Crippen LogP contribution >= 0.6 is 0 Å². The van der Waals surface area contributed by atoms with Gasteiger partial charge in [-0.3, -0.25) is 9.48 Å². The van der Waals surface area contributed by atoms with E-state index in [0.29, 0.717) is 36.5 Å². The van der Waals surface area contributed by atoms with E-state index in [2.05, 4.69) is 15.8 Å². The molecule has 0 amide bonds. The SMILES string of the molecule is O=Cc1c(O)cccc1OCC1CCCCC1c1ccnn1C1CCC1. The minimum absolute atomic E-state index is 0.0271. The molecular weight excluding hydrogens is 328 g/mol. The molecule has 0 radical (unpaired) electrons. The maximum absolute atomic E-state index is 11.3. The molecule has 5 heteroatoms. The molecule has 2 aromatic rings. The number of rotatable bonds is 6. The zero-order valence-electron chi connectivity index (χ0n) is 15.0. The minimum atomic E-state index is -0.0271. The Morgan fingerprint density at radius 3 is 2.77 bits per heavy atom. The second-order valence-corrected chi connectivity index (χ2v) is 7.55. The molecule has 2 unspecified atom stereocenters. The Kier molecular flexibility index (Phi) is 4.96. The predicted molar refractivity (Wildman–Crippen MR) is 98.8 cm³/mol. The lowest BCUT2D eigenvalue weighted by Crippen LogP contribution is -2.28. The summed E-state index contributed by atoms with van der Waals surface area (Å²) in [6, 6.07) is 7.71. The zero-order chi connectivity index (χ0) is 17.9. The second kappa shape index (κ2) is 7.52. The van der Waals surface area contributed by atoms with Gasteiger partial charge in [-0.05, 0) is 50.3 Å². The van der Waals surface area contributed by atoms with Crippen molar-refractivity contribution in [2.24, 2.45) is 5.92 Å². The summed E-state index contributed by atoms with van der Waals surface area (Å²) in [6.45, 7) is 0.560. The Morgan fingerprint density at radius 1 is 1.15 bits per heavy atom. The highest BCUT2D eigenvalue weighted by Gasteiger charge is 2.32. The van der Waals surface area contributed by atoms with E-state index < -0.39 is 0 Å². The molecule has 26 heavy (non-hydrogen) atoms. The molecule has 2 saturated carbocycles. The van der Waals surface area contributed by atoms with Gasteiger partial charge in [-0.25, -0.2) is 0 Å². The van der Waals surface area contributed by atoms with E-state index in [1.54, 1.807) is 12.1 Å². The summed E-state index contributed by atoms with van der Waals surface area (Å²) in [5.74, 6) is 1.29. The van der Waals surface area contributed by atoms with E-state index in [9.17, 15) is 9.90 Å². The number of ether oxygens (including phenoxy) is 1. The van der Waals surface area contributed by atoms with Crippen molar-refractivity contribution in [1.82, 2.24) is 9.78 Å². The summed E-state index contributed by atoms with van der Waals surface area (Å²) in [6.07, 6.45) is 11.1. The van der Waals surface area contributed by atoms with E-state index in [4.69, 9.17) is 4.74 Å². The monoisotopic (exact) mass is 354 g/mol. The molecule has 0 saturated heterocycles. The van der Waals surface area contributed by atoms with Crippen LogP contribution in [0.4, 0.5) is 0 Å². The van der Waals surface area contributed by atoms with Gasteiger partial charge in [0.1, 0.15) is 11.5 Å². The number of carbonyl (C=O) groups excluding carboxylic acids is 1. The average Bonchev–Trinajstić information content (AvgIpc) is 3.07. The minimum Gasteiger partial charge on any atom is -0.507 e. The van der Waals surface area contributed by atoms with Gasteiger partial charge in [0, 0.05) is 23.7 Å². The number of carbonyl (C=O) groups is 1. The first-order valence-electron chi connectivity index (χ1n) is 9.71. The van der Waals surface area contributed by atoms with Crippen LogP contribution in [0.15, 0.2) is 30.5 Å². The van der Waals surface area contributed by atoms with Gasteiger partial charge in [0.15, 0.2) is 6.29 Å². The highest BCUT2D eigenvalue weighted by molar-refractivity contribution is 5.83. The summed E-state index contributed by atoms with van der Waals surface area (Å²) in [7, 11) is 0. The van der Waals surface area contributed by atoms with Crippen LogP contribution in [0.2, 0.25) is 0 Å². The molecule has 1 aromatic carbocycles. The van der Waals surface area contributed by atoms with E-state index in [1.807, 2.05) is 6.20 Å². The molecule has 2 aliphatic rings. The number of phenolic OH excluding ortho intramolecular Hbond substituents is 1. The third-order valence-corrected chi connectivity index (χ3v) is 6.02. The van der Waals surface area contributed by atoms with E-state index >= 15 is 0 Å². The van der Waals surface area contributed by atoms with Gasteiger partial charge in [0.25, 0.3) is 0 Å². The van der Waals surface area contributed by atoms with Crippen molar-refractivity contribution in [1.29, 1.82) is 0 Å². The Labute approximate surface area is 154 Å². The summed E-state index contributed by atoms with van der Waals surface area (Å²) in [5, 5.41) is 14.4. The molecule has 0 bridgehead atoms. The molecule has 5 nitrogen and oxygen atoms in total. The molecule has 2 aliphatic carbocycles. The van der Waals surface area contributed by atoms with Crippen LogP contribution < -0.4 is 4.74 Å². The van der Waals surface area contributed by atoms with Gasteiger partial charge in [0.2, 0.25) is 0 Å². The third-order valence-electron chi connectivity index (χ3n) is 6.02. The third kappa shape index (κ3) is 3.22. The first-order chi connectivity index (χ1) is 12.8. The van der Waals surface area contributed by atoms with Gasteiger partial charge in [-0.2, -0.15) is 5.10 Å². The topological polar surface area (TPSA) is 64.3 Å². The fraction of sp³-hybridized carbons (Fsp3) is 0.524. The maximum atomic E-state index is 11.3. The first kappa shape index (κ1) is 17.1. The number of aromatic nitrogens is 2. The normalized spacial score (nSPS) is 23.4. The van der Waals surface area contributed by atoms with Crippen LogP contribution in [0.1, 0.15) is 73.0 Å². The van der Waals surface area contributed by atoms with Crippen LogP contribution in [-0.4, -0.2) is 27.8 Å². The highest BCUT2D eigenvalue weighted by atomic mass is 16.5. The Hall–Kier alpha value is -2.30. The van der Waals surface area contributed by atoms with E-state index in [1.165, 1.54) is 43.9 Å². The molecule has 138 valence electrons. The van der Waals surface area contributed by atoms with Crippen molar-refractivity contribution in [3.63, 3.8) is 0 Å². The quantitative estimate of drug-likeness (QED) is 0.777. The fourth-order valence-electron chi connectivity index (χ4n) is 4.32. The number of aromatic hydroxyl groups is 1. The number of nitrogens with zero attached hydrogens (tertiary/aromatic N) is 2. The number of phenols is 1. The fourth-order valence-corrected chi connectivity index (χ4v) is 4.32. The summed E-state index contributed by atoms with van der Waals surface area (Å²) >= 11 is 0. The number of aldehydes is 1. The second-order valence-electron chi connectivity index (χ2n) is 7.55. The van der Waals surface area contributed by atoms with Crippen molar-refractivity contribution >= 4 is 6.29 Å². The Morgan fingerprint density at radius 2 is 2.00 bits per heavy atom. The molecule has 4 rings (SSSR count). The summed E-state index contributed by atoms with van der Waals surface area (Å²) < 4.78 is 8.24. The van der Waals surface area contributed by atoms with Crippen LogP contribution in [0.3, 0.4) is 0 Å². The molecule has 1 heterocycles. The Bertz CT molecular complexity index is 766. The largest absolute Gasteiger partial charge is 0.507 e. The van der Waals surface area contributed by atoms with Crippen molar-refractivity contribution in [3.05, 3.63) is 41.7 Å². The van der Waals surface area contributed by atoms with Gasteiger partial charge in [-0.15, -0.1) is 0 Å². The molecular formula is C21H26N2O3. The van der Waals surface area contributed by atoms with Crippen molar-refractivity contribution in [3.8, 4) is 11.5 Å². The standard InChI is InChI=1S/C21H26N2O3/c24-13-18-20(25)9-4-10-21(18)26-14-15-5-1-2-8-17(15)19-11-12-22-23(19)16-6-3-7-16/h4,9-13,15-17,25H,1-3,5-8,14H2. The average molecular weight is 354 g/mol. The number of benzene rings is 1. The highest BCUT2D eigenvalue weighted by Crippen LogP contribution is 2.41. The predicted octanol–water partition coefficient (Wildman–Crippen LogP) is 4.48. The molecule has 2 fully saturated rings. The van der Waals surface area contributed by atoms with Crippen LogP contribution in [0.5, 0.6) is 11.5 Å². The summed E-state index contributed by atoms with van der Waals surface area (Å²) in [4.78, 5) is 11.3. The van der Waals surface area contributed by atoms with E-state index in [-0.39, 0.29) is 11.3 Å². The lowest BCUT2D eigenvalue weighted by atomic mass is 9.77. The van der Waals surface area contributed by atoms with E-state index in [0.717, 1.165) is 12.8 Å². The van der Waals surface area contributed by atoms with Crippen molar-refractivity contribution < 1.29 is 14.6 Å². The van der Waals surface area contributed by atoms with Crippen molar-refractivity contribution in [2.45, 2.75) is 56.9 Å². The van der Waals surface area contributed by atoms with Crippen LogP contribution in [-0.2, 0) is 0 Å². The Balaban J connectivity index is 1.51. The zero-order valence-corrected chi connectivity index (χ0v) is 15.0. The first-order valence-corrected chi connectivity index (χ1v) is 9.71. The summed E-state index contributed by atoms with van der Waals surface area (Å²) in [5.41, 5.74) is 1.58. The van der Waals surface area contributed by atoms with Crippen LogP contribution in [0, 0.1) is 5.92 Å². The molecule has 0 spiro atoms. The lowest BCUT2D eigenvalue weighted by molar-refractivity contribution is 0.111. The molecule has 2 atom stereocenters. The van der Waals surface area contributed by atoms with Gasteiger partial charge in [-0.1, -0.05) is 18.9 Å². The van der Waals surface area contributed by atoms with Gasteiger partial charge >= 0.3 is 0 Å². The van der Waals surface area contributed by atoms with Gasteiger partial charge in [0.05, 0.1) is 18.2 Å². The molecule has 1 aromatic heterocycles. The molecule has 1 N–H and O–H groups in total. The smallest absolute Gasteiger partial charge is 0.157 e. The maximum Gasteiger partial charge on any atom is 0.157 e. The lowest BCUT2D eigenvalue weighted by Gasteiger charge is -2.35. The number of hydrogen-bond acceptors (Lipinski definition) is 4. The van der Waals surface area contributed by atoms with Crippen LogP contribution in [0.25, 0.3) is 0 Å². The number of hydrogen-bond donors (Lipinski definition) is 1. The van der Waals surface area contributed by atoms with Gasteiger partial charge < -0.3 is 9.84 Å².